The van der Waals surface area contributed by atoms with Crippen LogP contribution in [0.3, 0.4) is 0 Å². The van der Waals surface area contributed by atoms with Crippen molar-refractivity contribution < 1.29 is 9.47 Å². The number of methoxy groups -OCH3 is 2. The number of rotatable bonds is 6. The molecule has 1 aromatic rings. The molecular weight excluding hydrogens is 228 g/mol. The average Bonchev–Trinajstić information content (AvgIpc) is 2.35. The van der Waals surface area contributed by atoms with Gasteiger partial charge in [-0.1, -0.05) is 13.8 Å². The zero-order chi connectivity index (χ0) is 13.7. The summed E-state index contributed by atoms with van der Waals surface area (Å²) in [5, 5.41) is 0. The highest BCUT2D eigenvalue weighted by molar-refractivity contribution is 5.72. The molecule has 0 saturated heterocycles. The van der Waals surface area contributed by atoms with Gasteiger partial charge in [0.05, 0.1) is 25.6 Å². The van der Waals surface area contributed by atoms with Gasteiger partial charge in [-0.25, -0.2) is 0 Å². The minimum atomic E-state index is 0.663. The highest BCUT2D eigenvalue weighted by Gasteiger charge is 2.12. The van der Waals surface area contributed by atoms with Gasteiger partial charge in [0.15, 0.2) is 11.5 Å². The summed E-state index contributed by atoms with van der Waals surface area (Å²) in [5.41, 5.74) is 7.74. The van der Waals surface area contributed by atoms with E-state index >= 15 is 0 Å². The minimum Gasteiger partial charge on any atom is -0.493 e. The summed E-state index contributed by atoms with van der Waals surface area (Å²) in [6, 6.07) is 3.73. The molecule has 1 rings (SSSR count). The molecule has 2 N–H and O–H groups in total. The van der Waals surface area contributed by atoms with E-state index in [9.17, 15) is 0 Å². The lowest BCUT2D eigenvalue weighted by Crippen LogP contribution is -2.21. The molecule has 102 valence electrons. The van der Waals surface area contributed by atoms with Crippen molar-refractivity contribution in [3.05, 3.63) is 12.1 Å². The standard InChI is InChI=1S/C14H24N2O2/c1-10(2)6-7-16(3)12-9-14(18-5)13(17-4)8-11(12)15/h8-10H,6-7,15H2,1-5H3. The second-order valence-corrected chi connectivity index (χ2v) is 4.87. The van der Waals surface area contributed by atoms with E-state index in [0.29, 0.717) is 23.1 Å². The largest absolute Gasteiger partial charge is 0.493 e. The maximum absolute atomic E-state index is 6.05. The van der Waals surface area contributed by atoms with Gasteiger partial charge < -0.3 is 20.1 Å². The first-order chi connectivity index (χ1) is 8.49. The zero-order valence-electron chi connectivity index (χ0n) is 12.0. The zero-order valence-corrected chi connectivity index (χ0v) is 12.0. The molecule has 0 aliphatic carbocycles. The third-order valence-corrected chi connectivity index (χ3v) is 2.99. The van der Waals surface area contributed by atoms with E-state index in [-0.39, 0.29) is 0 Å². The van der Waals surface area contributed by atoms with Crippen molar-refractivity contribution in [3.8, 4) is 11.5 Å². The molecule has 0 unspecified atom stereocenters. The van der Waals surface area contributed by atoms with Crippen LogP contribution in [0.4, 0.5) is 11.4 Å². The Morgan fingerprint density at radius 3 is 2.22 bits per heavy atom. The van der Waals surface area contributed by atoms with Crippen molar-refractivity contribution in [1.82, 2.24) is 0 Å². The first-order valence-electron chi connectivity index (χ1n) is 6.22. The Labute approximate surface area is 110 Å². The van der Waals surface area contributed by atoms with Crippen LogP contribution in [0.25, 0.3) is 0 Å². The number of nitrogens with zero attached hydrogens (tertiary/aromatic N) is 1. The molecule has 0 bridgehead atoms. The smallest absolute Gasteiger partial charge is 0.162 e. The van der Waals surface area contributed by atoms with Gasteiger partial charge in [0.1, 0.15) is 0 Å². The highest BCUT2D eigenvalue weighted by Crippen LogP contribution is 2.36. The Kier molecular flexibility index (Phi) is 5.13. The fourth-order valence-corrected chi connectivity index (χ4v) is 1.79. The van der Waals surface area contributed by atoms with E-state index < -0.39 is 0 Å². The molecule has 18 heavy (non-hydrogen) atoms. The third-order valence-electron chi connectivity index (χ3n) is 2.99. The van der Waals surface area contributed by atoms with Crippen LogP contribution >= 0.6 is 0 Å². The molecule has 0 fully saturated rings. The van der Waals surface area contributed by atoms with E-state index in [2.05, 4.69) is 18.7 Å². The summed E-state index contributed by atoms with van der Waals surface area (Å²) >= 11 is 0. The number of ether oxygens (including phenoxy) is 2. The summed E-state index contributed by atoms with van der Waals surface area (Å²) in [6.45, 7) is 5.40. The van der Waals surface area contributed by atoms with Crippen molar-refractivity contribution in [2.24, 2.45) is 5.92 Å². The van der Waals surface area contributed by atoms with Crippen molar-refractivity contribution in [2.75, 3.05) is 38.4 Å². The van der Waals surface area contributed by atoms with Gasteiger partial charge in [-0.2, -0.15) is 0 Å². The lowest BCUT2D eigenvalue weighted by atomic mass is 10.1. The fourth-order valence-electron chi connectivity index (χ4n) is 1.79. The van der Waals surface area contributed by atoms with Crippen LogP contribution < -0.4 is 20.1 Å². The normalized spacial score (nSPS) is 10.6. The average molecular weight is 252 g/mol. The lowest BCUT2D eigenvalue weighted by molar-refractivity contribution is 0.355. The Morgan fingerprint density at radius 1 is 1.17 bits per heavy atom. The summed E-state index contributed by atoms with van der Waals surface area (Å²) in [5.74, 6) is 2.04. The number of benzene rings is 1. The first-order valence-corrected chi connectivity index (χ1v) is 6.22. The molecule has 0 atom stereocenters. The number of hydrogen-bond donors (Lipinski definition) is 1. The molecule has 0 aromatic heterocycles. The van der Waals surface area contributed by atoms with Gasteiger partial charge in [0, 0.05) is 25.7 Å². The van der Waals surface area contributed by atoms with Crippen LogP contribution in [0.5, 0.6) is 11.5 Å². The number of hydrogen-bond acceptors (Lipinski definition) is 4. The number of anilines is 2. The lowest BCUT2D eigenvalue weighted by Gasteiger charge is -2.23. The van der Waals surface area contributed by atoms with Crippen molar-refractivity contribution >= 4 is 11.4 Å². The second-order valence-electron chi connectivity index (χ2n) is 4.87. The monoisotopic (exact) mass is 252 g/mol. The predicted molar refractivity (Wildman–Crippen MR) is 76.7 cm³/mol. The van der Waals surface area contributed by atoms with Gasteiger partial charge in [-0.15, -0.1) is 0 Å². The molecule has 0 spiro atoms. The van der Waals surface area contributed by atoms with Crippen LogP contribution in [-0.2, 0) is 0 Å². The van der Waals surface area contributed by atoms with Crippen LogP contribution in [0, 0.1) is 5.92 Å². The van der Waals surface area contributed by atoms with E-state index in [0.717, 1.165) is 18.7 Å². The van der Waals surface area contributed by atoms with Crippen LogP contribution in [-0.4, -0.2) is 27.8 Å². The molecule has 0 aliphatic rings. The molecule has 0 aliphatic heterocycles. The van der Waals surface area contributed by atoms with Crippen LogP contribution in [0.15, 0.2) is 12.1 Å². The van der Waals surface area contributed by atoms with E-state index in [1.807, 2.05) is 13.1 Å². The maximum Gasteiger partial charge on any atom is 0.162 e. The third kappa shape index (κ3) is 3.45. The van der Waals surface area contributed by atoms with Crippen LogP contribution in [0.1, 0.15) is 20.3 Å². The summed E-state index contributed by atoms with van der Waals surface area (Å²) in [6.07, 6.45) is 1.13. The first kappa shape index (κ1) is 14.5. The van der Waals surface area contributed by atoms with Crippen LogP contribution in [0.2, 0.25) is 0 Å². The summed E-state index contributed by atoms with van der Waals surface area (Å²) in [4.78, 5) is 2.15. The number of nitrogen functional groups attached to an aromatic ring is 1. The Hall–Kier alpha value is -1.58. The molecular formula is C14H24N2O2. The Balaban J connectivity index is 2.94. The molecule has 1 aromatic carbocycles. The van der Waals surface area contributed by atoms with Gasteiger partial charge in [0.2, 0.25) is 0 Å². The van der Waals surface area contributed by atoms with Crippen molar-refractivity contribution in [3.63, 3.8) is 0 Å². The quantitative estimate of drug-likeness (QED) is 0.791. The summed E-state index contributed by atoms with van der Waals surface area (Å²) in [7, 11) is 5.28. The molecule has 0 amide bonds. The van der Waals surface area contributed by atoms with Gasteiger partial charge in [0.25, 0.3) is 0 Å². The molecule has 4 nitrogen and oxygen atoms in total. The highest BCUT2D eigenvalue weighted by atomic mass is 16.5. The molecule has 0 heterocycles. The number of nitrogens with two attached hydrogens (primary N) is 1. The van der Waals surface area contributed by atoms with E-state index in [4.69, 9.17) is 15.2 Å². The minimum absolute atomic E-state index is 0.663. The van der Waals surface area contributed by atoms with Gasteiger partial charge in [-0.3, -0.25) is 0 Å². The predicted octanol–water partition coefficient (Wildman–Crippen LogP) is 2.77. The molecule has 0 saturated carbocycles. The van der Waals surface area contributed by atoms with Gasteiger partial charge >= 0.3 is 0 Å². The van der Waals surface area contributed by atoms with E-state index in [1.165, 1.54) is 0 Å². The Bertz CT molecular complexity index is 392. The van der Waals surface area contributed by atoms with E-state index in [1.54, 1.807) is 20.3 Å². The molecule has 0 radical (unpaired) electrons. The fraction of sp³-hybridized carbons (Fsp3) is 0.571. The maximum atomic E-state index is 6.05. The van der Waals surface area contributed by atoms with Gasteiger partial charge in [-0.05, 0) is 12.3 Å². The SMILES string of the molecule is COc1cc(N)c(N(C)CCC(C)C)cc1OC. The Morgan fingerprint density at radius 2 is 1.72 bits per heavy atom. The van der Waals surface area contributed by atoms with Crippen molar-refractivity contribution in [1.29, 1.82) is 0 Å². The van der Waals surface area contributed by atoms with Crippen molar-refractivity contribution in [2.45, 2.75) is 20.3 Å². The summed E-state index contributed by atoms with van der Waals surface area (Å²) < 4.78 is 10.5. The second kappa shape index (κ2) is 6.38. The topological polar surface area (TPSA) is 47.7 Å². The molecule has 4 heteroatoms.